The average molecular weight is 218 g/mol. The minimum Gasteiger partial charge on any atom is -0.493 e. The Balaban J connectivity index is 1.76. The van der Waals surface area contributed by atoms with Crippen LogP contribution < -0.4 is 10.1 Å². The van der Waals surface area contributed by atoms with Crippen LogP contribution in [0.3, 0.4) is 0 Å². The highest BCUT2D eigenvalue weighted by Crippen LogP contribution is 2.30. The Bertz CT molecular complexity index is 372. The summed E-state index contributed by atoms with van der Waals surface area (Å²) in [4.78, 5) is 2.49. The summed E-state index contributed by atoms with van der Waals surface area (Å²) in [5.74, 6) is 1.15. The molecule has 3 heteroatoms. The van der Waals surface area contributed by atoms with Crippen LogP contribution in [0.5, 0.6) is 5.75 Å². The summed E-state index contributed by atoms with van der Waals surface area (Å²) in [6.45, 7) is 6.39. The fraction of sp³-hybridized carbons (Fsp3) is 0.538. The van der Waals surface area contributed by atoms with Crippen LogP contribution in [0.1, 0.15) is 11.1 Å². The molecule has 0 unspecified atom stereocenters. The molecule has 3 nitrogen and oxygen atoms in total. The van der Waals surface area contributed by atoms with Crippen molar-refractivity contribution in [2.24, 2.45) is 0 Å². The van der Waals surface area contributed by atoms with Crippen LogP contribution in [0.25, 0.3) is 0 Å². The van der Waals surface area contributed by atoms with Crippen LogP contribution >= 0.6 is 0 Å². The van der Waals surface area contributed by atoms with Gasteiger partial charge in [-0.25, -0.2) is 0 Å². The third kappa shape index (κ3) is 1.93. The fourth-order valence-electron chi connectivity index (χ4n) is 2.52. The minimum absolute atomic E-state index is 0.855. The first kappa shape index (κ1) is 10.1. The van der Waals surface area contributed by atoms with Crippen LogP contribution in [0.2, 0.25) is 0 Å². The van der Waals surface area contributed by atoms with Gasteiger partial charge in [-0.15, -0.1) is 0 Å². The summed E-state index contributed by atoms with van der Waals surface area (Å²) in [5, 5.41) is 3.38. The Morgan fingerprint density at radius 2 is 2.12 bits per heavy atom. The lowest BCUT2D eigenvalue weighted by Gasteiger charge is -2.27. The minimum atomic E-state index is 0.855. The molecular weight excluding hydrogens is 200 g/mol. The van der Waals surface area contributed by atoms with Gasteiger partial charge >= 0.3 is 0 Å². The molecule has 0 atom stereocenters. The maximum absolute atomic E-state index is 5.73. The molecule has 16 heavy (non-hydrogen) atoms. The zero-order valence-electron chi connectivity index (χ0n) is 9.54. The number of ether oxygens (including phenoxy) is 1. The Morgan fingerprint density at radius 3 is 3.00 bits per heavy atom. The monoisotopic (exact) mass is 218 g/mol. The number of nitrogens with zero attached hydrogens (tertiary/aromatic N) is 1. The predicted octanol–water partition coefficient (Wildman–Crippen LogP) is 1.03. The molecule has 0 aliphatic carbocycles. The van der Waals surface area contributed by atoms with E-state index in [1.54, 1.807) is 0 Å². The molecule has 0 saturated carbocycles. The molecular formula is C13H18N2O. The number of para-hydroxylation sites is 1. The van der Waals surface area contributed by atoms with Gasteiger partial charge in [0.25, 0.3) is 0 Å². The second-order valence-corrected chi connectivity index (χ2v) is 4.53. The number of benzene rings is 1. The molecule has 1 aromatic carbocycles. The van der Waals surface area contributed by atoms with Gasteiger partial charge in [0, 0.05) is 44.7 Å². The third-order valence-corrected chi connectivity index (χ3v) is 3.40. The first-order chi connectivity index (χ1) is 7.93. The lowest BCUT2D eigenvalue weighted by Crippen LogP contribution is -2.42. The number of piperazine rings is 1. The second kappa shape index (κ2) is 4.44. The van der Waals surface area contributed by atoms with E-state index < -0.39 is 0 Å². The molecule has 0 radical (unpaired) electrons. The van der Waals surface area contributed by atoms with Gasteiger partial charge < -0.3 is 10.1 Å². The van der Waals surface area contributed by atoms with Crippen molar-refractivity contribution in [3.8, 4) is 5.75 Å². The molecule has 0 bridgehead atoms. The van der Waals surface area contributed by atoms with Crippen molar-refractivity contribution in [3.05, 3.63) is 29.3 Å². The molecule has 1 N–H and O–H groups in total. The summed E-state index contributed by atoms with van der Waals surface area (Å²) < 4.78 is 5.73. The molecule has 1 aromatic rings. The van der Waals surface area contributed by atoms with E-state index in [-0.39, 0.29) is 0 Å². The van der Waals surface area contributed by atoms with Crippen LogP contribution in [0.15, 0.2) is 18.2 Å². The van der Waals surface area contributed by atoms with Crippen molar-refractivity contribution in [2.45, 2.75) is 13.0 Å². The normalized spacial score (nSPS) is 20.5. The van der Waals surface area contributed by atoms with E-state index in [4.69, 9.17) is 4.74 Å². The number of rotatable bonds is 2. The van der Waals surface area contributed by atoms with Gasteiger partial charge in [0.1, 0.15) is 5.75 Å². The van der Waals surface area contributed by atoms with Gasteiger partial charge in [-0.05, 0) is 5.56 Å². The molecule has 0 aromatic heterocycles. The molecule has 3 rings (SSSR count). The Hall–Kier alpha value is -1.06. The highest BCUT2D eigenvalue weighted by molar-refractivity contribution is 5.43. The van der Waals surface area contributed by atoms with E-state index in [2.05, 4.69) is 28.4 Å². The molecule has 2 heterocycles. The van der Waals surface area contributed by atoms with Crippen molar-refractivity contribution in [1.82, 2.24) is 10.2 Å². The second-order valence-electron chi connectivity index (χ2n) is 4.53. The third-order valence-electron chi connectivity index (χ3n) is 3.40. The number of fused-ring (bicyclic) bond motifs is 1. The maximum Gasteiger partial charge on any atom is 0.127 e. The molecule has 2 aliphatic heterocycles. The Labute approximate surface area is 96.4 Å². The van der Waals surface area contributed by atoms with Crippen molar-refractivity contribution < 1.29 is 4.74 Å². The summed E-state index contributed by atoms with van der Waals surface area (Å²) in [6.07, 6.45) is 1.07. The van der Waals surface area contributed by atoms with Crippen molar-refractivity contribution in [2.75, 3.05) is 32.8 Å². The molecule has 86 valence electrons. The van der Waals surface area contributed by atoms with Gasteiger partial charge in [0.05, 0.1) is 6.61 Å². The largest absolute Gasteiger partial charge is 0.493 e. The number of hydrogen-bond acceptors (Lipinski definition) is 3. The van der Waals surface area contributed by atoms with Crippen molar-refractivity contribution in [1.29, 1.82) is 0 Å². The van der Waals surface area contributed by atoms with Gasteiger partial charge in [-0.1, -0.05) is 18.2 Å². The van der Waals surface area contributed by atoms with Crippen LogP contribution in [0.4, 0.5) is 0 Å². The quantitative estimate of drug-likeness (QED) is 0.802. The maximum atomic E-state index is 5.73. The van der Waals surface area contributed by atoms with Crippen LogP contribution in [-0.4, -0.2) is 37.7 Å². The lowest BCUT2D eigenvalue weighted by atomic mass is 10.1. The van der Waals surface area contributed by atoms with Crippen molar-refractivity contribution in [3.63, 3.8) is 0 Å². The first-order valence-corrected chi connectivity index (χ1v) is 6.10. The van der Waals surface area contributed by atoms with Gasteiger partial charge in [-0.2, -0.15) is 0 Å². The van der Waals surface area contributed by atoms with E-state index >= 15 is 0 Å². The SMILES string of the molecule is c1cc2c(c(CN3CCNCC3)c1)OCC2. The van der Waals surface area contributed by atoms with E-state index in [9.17, 15) is 0 Å². The number of nitrogens with one attached hydrogen (secondary N) is 1. The summed E-state index contributed by atoms with van der Waals surface area (Å²) in [5.41, 5.74) is 2.74. The lowest BCUT2D eigenvalue weighted by molar-refractivity contribution is 0.229. The Kier molecular flexibility index (Phi) is 2.80. The zero-order valence-corrected chi connectivity index (χ0v) is 9.54. The molecule has 0 spiro atoms. The molecule has 2 aliphatic rings. The van der Waals surface area contributed by atoms with Crippen LogP contribution in [0, 0.1) is 0 Å². The summed E-state index contributed by atoms with van der Waals surface area (Å²) in [7, 11) is 0. The molecule has 1 fully saturated rings. The standard InChI is InChI=1S/C13H18N2O/c1-2-11-4-9-16-13(11)12(3-1)10-15-7-5-14-6-8-15/h1-3,14H,4-10H2. The number of hydrogen-bond donors (Lipinski definition) is 1. The highest BCUT2D eigenvalue weighted by Gasteiger charge is 2.18. The van der Waals surface area contributed by atoms with Gasteiger partial charge in [0.15, 0.2) is 0 Å². The van der Waals surface area contributed by atoms with Gasteiger partial charge in [-0.3, -0.25) is 4.90 Å². The average Bonchev–Trinajstić information content (AvgIpc) is 2.80. The van der Waals surface area contributed by atoms with Crippen LogP contribution in [-0.2, 0) is 13.0 Å². The van der Waals surface area contributed by atoms with Gasteiger partial charge in [0.2, 0.25) is 0 Å². The van der Waals surface area contributed by atoms with E-state index in [1.807, 2.05) is 0 Å². The van der Waals surface area contributed by atoms with E-state index in [0.29, 0.717) is 0 Å². The summed E-state index contributed by atoms with van der Waals surface area (Å²) in [6, 6.07) is 6.54. The smallest absolute Gasteiger partial charge is 0.127 e. The topological polar surface area (TPSA) is 24.5 Å². The zero-order chi connectivity index (χ0) is 10.8. The van der Waals surface area contributed by atoms with Crippen molar-refractivity contribution >= 4 is 0 Å². The summed E-state index contributed by atoms with van der Waals surface area (Å²) >= 11 is 0. The Morgan fingerprint density at radius 1 is 1.25 bits per heavy atom. The van der Waals surface area contributed by atoms with E-state index in [0.717, 1.165) is 51.5 Å². The molecule has 0 amide bonds. The highest BCUT2D eigenvalue weighted by atomic mass is 16.5. The first-order valence-electron chi connectivity index (χ1n) is 6.10. The predicted molar refractivity (Wildman–Crippen MR) is 63.8 cm³/mol. The van der Waals surface area contributed by atoms with E-state index in [1.165, 1.54) is 11.1 Å². The fourth-order valence-corrected chi connectivity index (χ4v) is 2.52. The molecule has 1 saturated heterocycles.